The molecule has 5 nitrogen and oxygen atoms in total. The van der Waals surface area contributed by atoms with Gasteiger partial charge in [-0.25, -0.2) is 9.78 Å². The number of nitrogens with zero attached hydrogens (tertiary/aromatic N) is 2. The smallest absolute Gasteiger partial charge is 0.367 e. The van der Waals surface area contributed by atoms with Crippen LogP contribution in [0.3, 0.4) is 0 Å². The third kappa shape index (κ3) is 3.75. The van der Waals surface area contributed by atoms with Crippen LogP contribution in [0.5, 0.6) is 0 Å². The van der Waals surface area contributed by atoms with Crippen molar-refractivity contribution >= 4 is 17.3 Å². The second-order valence-electron chi connectivity index (χ2n) is 4.95. The second-order valence-corrected chi connectivity index (χ2v) is 5.81. The Labute approximate surface area is 118 Å². The summed E-state index contributed by atoms with van der Waals surface area (Å²) in [6.07, 6.45) is 0. The van der Waals surface area contributed by atoms with Crippen LogP contribution < -0.4 is 5.32 Å². The van der Waals surface area contributed by atoms with Crippen LogP contribution in [-0.2, 0) is 11.3 Å². The van der Waals surface area contributed by atoms with E-state index in [4.69, 9.17) is 4.74 Å². The molecular weight excluding hydrogens is 262 g/mol. The number of carbonyl (C=O) groups is 1. The zero-order valence-corrected chi connectivity index (χ0v) is 12.5. The second kappa shape index (κ2) is 6.45. The van der Waals surface area contributed by atoms with E-state index in [0.717, 1.165) is 25.3 Å². The van der Waals surface area contributed by atoms with Gasteiger partial charge in [0.2, 0.25) is 5.01 Å². The number of thiazole rings is 1. The van der Waals surface area contributed by atoms with Crippen molar-refractivity contribution < 1.29 is 9.53 Å². The predicted octanol–water partition coefficient (Wildman–Crippen LogP) is 1.50. The van der Waals surface area contributed by atoms with E-state index in [1.54, 1.807) is 6.92 Å². The van der Waals surface area contributed by atoms with Crippen molar-refractivity contribution in [1.29, 1.82) is 0 Å². The van der Waals surface area contributed by atoms with Crippen LogP contribution in [0.25, 0.3) is 0 Å². The SMILES string of the molecule is CCOC(=O)c1nc(CN2CC(C)NCC2C)cs1. The van der Waals surface area contributed by atoms with E-state index in [1.807, 2.05) is 5.38 Å². The van der Waals surface area contributed by atoms with Gasteiger partial charge in [-0.15, -0.1) is 11.3 Å². The van der Waals surface area contributed by atoms with Crippen LogP contribution in [0, 0.1) is 0 Å². The zero-order valence-electron chi connectivity index (χ0n) is 11.7. The summed E-state index contributed by atoms with van der Waals surface area (Å²) in [6, 6.07) is 0.989. The predicted molar refractivity (Wildman–Crippen MR) is 75.4 cm³/mol. The molecule has 2 heterocycles. The Hall–Kier alpha value is -0.980. The Morgan fingerprint density at radius 3 is 3.16 bits per heavy atom. The standard InChI is InChI=1S/C13H21N3O2S/c1-4-18-13(17)12-15-11(8-19-12)7-16-6-9(2)14-5-10(16)3/h8-10,14H,4-7H2,1-3H3. The van der Waals surface area contributed by atoms with E-state index in [-0.39, 0.29) is 5.97 Å². The highest BCUT2D eigenvalue weighted by Gasteiger charge is 2.23. The third-order valence-corrected chi connectivity index (χ3v) is 4.13. The van der Waals surface area contributed by atoms with Gasteiger partial charge in [-0.2, -0.15) is 0 Å². The van der Waals surface area contributed by atoms with E-state index in [0.29, 0.717) is 23.7 Å². The Balaban J connectivity index is 1.97. The van der Waals surface area contributed by atoms with Gasteiger partial charge < -0.3 is 10.1 Å². The Kier molecular flexibility index (Phi) is 4.90. The molecule has 2 atom stereocenters. The molecule has 1 aromatic rings. The van der Waals surface area contributed by atoms with Gasteiger partial charge in [0.05, 0.1) is 12.3 Å². The van der Waals surface area contributed by atoms with Gasteiger partial charge in [0.25, 0.3) is 0 Å². The number of hydrogen-bond donors (Lipinski definition) is 1. The van der Waals surface area contributed by atoms with Crippen molar-refractivity contribution in [3.05, 3.63) is 16.1 Å². The molecule has 0 aromatic carbocycles. The lowest BCUT2D eigenvalue weighted by atomic mass is 10.1. The molecule has 19 heavy (non-hydrogen) atoms. The summed E-state index contributed by atoms with van der Waals surface area (Å²) < 4.78 is 4.95. The van der Waals surface area contributed by atoms with Gasteiger partial charge in [-0.05, 0) is 20.8 Å². The number of carbonyl (C=O) groups excluding carboxylic acids is 1. The highest BCUT2D eigenvalue weighted by atomic mass is 32.1. The van der Waals surface area contributed by atoms with Crippen LogP contribution in [0.2, 0.25) is 0 Å². The van der Waals surface area contributed by atoms with Crippen LogP contribution in [0.15, 0.2) is 5.38 Å². The summed E-state index contributed by atoms with van der Waals surface area (Å²) >= 11 is 1.36. The summed E-state index contributed by atoms with van der Waals surface area (Å²) in [7, 11) is 0. The first-order valence-corrected chi connectivity index (χ1v) is 7.57. The molecule has 1 fully saturated rings. The van der Waals surface area contributed by atoms with Crippen molar-refractivity contribution in [2.24, 2.45) is 0 Å². The maximum Gasteiger partial charge on any atom is 0.367 e. The number of nitrogens with one attached hydrogen (secondary N) is 1. The highest BCUT2D eigenvalue weighted by Crippen LogP contribution is 2.16. The minimum absolute atomic E-state index is 0.319. The molecule has 6 heteroatoms. The lowest BCUT2D eigenvalue weighted by molar-refractivity contribution is 0.0525. The summed E-state index contributed by atoms with van der Waals surface area (Å²) in [5.74, 6) is -0.319. The first-order chi connectivity index (χ1) is 9.10. The molecule has 1 aromatic heterocycles. The summed E-state index contributed by atoms with van der Waals surface area (Å²) in [6.45, 7) is 9.38. The molecular formula is C13H21N3O2S. The molecule has 0 amide bonds. The molecule has 0 aliphatic carbocycles. The maximum atomic E-state index is 11.6. The van der Waals surface area contributed by atoms with Crippen LogP contribution >= 0.6 is 11.3 Å². The monoisotopic (exact) mass is 283 g/mol. The van der Waals surface area contributed by atoms with Crippen molar-refractivity contribution in [2.75, 3.05) is 19.7 Å². The van der Waals surface area contributed by atoms with E-state index >= 15 is 0 Å². The number of esters is 1. The fraction of sp³-hybridized carbons (Fsp3) is 0.692. The van der Waals surface area contributed by atoms with Crippen LogP contribution in [0.1, 0.15) is 36.3 Å². The molecule has 106 valence electrons. The molecule has 0 spiro atoms. The average molecular weight is 283 g/mol. The lowest BCUT2D eigenvalue weighted by Crippen LogP contribution is -2.53. The molecule has 1 saturated heterocycles. The van der Waals surface area contributed by atoms with Crippen molar-refractivity contribution in [1.82, 2.24) is 15.2 Å². The highest BCUT2D eigenvalue weighted by molar-refractivity contribution is 7.11. The Morgan fingerprint density at radius 1 is 1.63 bits per heavy atom. The minimum atomic E-state index is -0.319. The van der Waals surface area contributed by atoms with E-state index in [1.165, 1.54) is 11.3 Å². The Bertz CT molecular complexity index is 435. The van der Waals surface area contributed by atoms with Gasteiger partial charge in [0.15, 0.2) is 0 Å². The topological polar surface area (TPSA) is 54.5 Å². The fourth-order valence-electron chi connectivity index (χ4n) is 2.19. The summed E-state index contributed by atoms with van der Waals surface area (Å²) in [4.78, 5) is 18.3. The van der Waals surface area contributed by atoms with Gasteiger partial charge >= 0.3 is 5.97 Å². The fourth-order valence-corrected chi connectivity index (χ4v) is 2.89. The number of ether oxygens (including phenoxy) is 1. The van der Waals surface area contributed by atoms with E-state index in [2.05, 4.69) is 29.0 Å². The minimum Gasteiger partial charge on any atom is -0.461 e. The van der Waals surface area contributed by atoms with E-state index in [9.17, 15) is 4.79 Å². The van der Waals surface area contributed by atoms with Crippen molar-refractivity contribution in [2.45, 2.75) is 39.4 Å². The number of piperazine rings is 1. The van der Waals surface area contributed by atoms with Crippen molar-refractivity contribution in [3.63, 3.8) is 0 Å². The van der Waals surface area contributed by atoms with E-state index < -0.39 is 0 Å². The molecule has 2 unspecified atom stereocenters. The zero-order chi connectivity index (χ0) is 13.8. The quantitative estimate of drug-likeness (QED) is 0.849. The number of hydrogen-bond acceptors (Lipinski definition) is 6. The molecule has 2 rings (SSSR count). The molecule has 0 bridgehead atoms. The van der Waals surface area contributed by atoms with Gasteiger partial charge in [-0.1, -0.05) is 0 Å². The van der Waals surface area contributed by atoms with Crippen LogP contribution in [-0.4, -0.2) is 47.6 Å². The number of aromatic nitrogens is 1. The van der Waals surface area contributed by atoms with Gasteiger partial charge in [0, 0.05) is 37.1 Å². The third-order valence-electron chi connectivity index (χ3n) is 3.26. The first-order valence-electron chi connectivity index (χ1n) is 6.69. The molecule has 0 saturated carbocycles. The largest absolute Gasteiger partial charge is 0.461 e. The summed E-state index contributed by atoms with van der Waals surface area (Å²) in [5, 5.41) is 5.86. The molecule has 0 radical (unpaired) electrons. The molecule has 1 aliphatic heterocycles. The normalized spacial score (nSPS) is 24.4. The lowest BCUT2D eigenvalue weighted by Gasteiger charge is -2.37. The molecule has 1 aliphatic rings. The first kappa shape index (κ1) is 14.4. The number of rotatable bonds is 4. The average Bonchev–Trinajstić information content (AvgIpc) is 2.83. The van der Waals surface area contributed by atoms with Crippen molar-refractivity contribution in [3.8, 4) is 0 Å². The summed E-state index contributed by atoms with van der Waals surface area (Å²) in [5.41, 5.74) is 0.953. The maximum absolute atomic E-state index is 11.6. The van der Waals surface area contributed by atoms with Gasteiger partial charge in [-0.3, -0.25) is 4.90 Å². The van der Waals surface area contributed by atoms with Gasteiger partial charge in [0.1, 0.15) is 0 Å². The Morgan fingerprint density at radius 2 is 2.42 bits per heavy atom. The molecule has 1 N–H and O–H groups in total. The van der Waals surface area contributed by atoms with Crippen LogP contribution in [0.4, 0.5) is 0 Å².